The zero-order valence-electron chi connectivity index (χ0n) is 10.0. The van der Waals surface area contributed by atoms with Gasteiger partial charge < -0.3 is 4.90 Å². The van der Waals surface area contributed by atoms with Crippen LogP contribution in [0.1, 0.15) is 35.2 Å². The first-order valence-electron chi connectivity index (χ1n) is 5.95. The first kappa shape index (κ1) is 11.7. The second kappa shape index (κ2) is 5.01. The molecule has 1 aliphatic carbocycles. The predicted octanol–water partition coefficient (Wildman–Crippen LogP) is 2.61. The van der Waals surface area contributed by atoms with Crippen LogP contribution in [0.15, 0.2) is 18.2 Å². The summed E-state index contributed by atoms with van der Waals surface area (Å²) < 4.78 is 0. The lowest BCUT2D eigenvalue weighted by Gasteiger charge is -2.31. The van der Waals surface area contributed by atoms with Gasteiger partial charge in [0.1, 0.15) is 12.4 Å². The van der Waals surface area contributed by atoms with E-state index in [0.29, 0.717) is 11.1 Å². The average molecular weight is 228 g/mol. The molecule has 1 aromatic rings. The Balaban J connectivity index is 2.18. The van der Waals surface area contributed by atoms with Gasteiger partial charge in [0.15, 0.2) is 0 Å². The highest BCUT2D eigenvalue weighted by Gasteiger charge is 2.20. The number of hydrogen-bond acceptors (Lipinski definition) is 3. The molecule has 0 heterocycles. The molecule has 2 rings (SSSR count). The summed E-state index contributed by atoms with van der Waals surface area (Å²) in [5.41, 5.74) is 2.06. The molecule has 1 fully saturated rings. The summed E-state index contributed by atoms with van der Waals surface area (Å²) in [6, 6.07) is 7.44. The summed E-state index contributed by atoms with van der Waals surface area (Å²) in [7, 11) is 2.01. The minimum atomic E-state index is 0.558. The Morgan fingerprint density at radius 1 is 1.53 bits per heavy atom. The van der Waals surface area contributed by atoms with E-state index < -0.39 is 0 Å². The maximum absolute atomic E-state index is 10.7. The Kier molecular flexibility index (Phi) is 3.43. The zero-order chi connectivity index (χ0) is 12.3. The Bertz CT molecular complexity index is 458. The Morgan fingerprint density at radius 2 is 2.29 bits per heavy atom. The predicted molar refractivity (Wildman–Crippen MR) is 67.2 cm³/mol. The Morgan fingerprint density at radius 3 is 2.82 bits per heavy atom. The fraction of sp³-hybridized carbons (Fsp3) is 0.429. The van der Waals surface area contributed by atoms with Crippen molar-refractivity contribution >= 4 is 12.0 Å². The molecule has 0 unspecified atom stereocenters. The van der Waals surface area contributed by atoms with E-state index in [1.165, 1.54) is 19.3 Å². The second-order valence-electron chi connectivity index (χ2n) is 4.68. The highest BCUT2D eigenvalue weighted by molar-refractivity contribution is 5.78. The van der Waals surface area contributed by atoms with Gasteiger partial charge in [-0.2, -0.15) is 5.26 Å². The van der Waals surface area contributed by atoms with Crippen molar-refractivity contribution < 1.29 is 4.79 Å². The van der Waals surface area contributed by atoms with Crippen LogP contribution in [0, 0.1) is 17.2 Å². The molecule has 0 bridgehead atoms. The molecule has 0 atom stereocenters. The molecular weight excluding hydrogens is 212 g/mol. The van der Waals surface area contributed by atoms with E-state index in [-0.39, 0.29) is 0 Å². The van der Waals surface area contributed by atoms with Gasteiger partial charge in [-0.3, -0.25) is 4.79 Å². The molecule has 0 amide bonds. The minimum absolute atomic E-state index is 0.558. The van der Waals surface area contributed by atoms with Crippen molar-refractivity contribution in [3.63, 3.8) is 0 Å². The van der Waals surface area contributed by atoms with Crippen LogP contribution in [0.5, 0.6) is 0 Å². The van der Waals surface area contributed by atoms with Crippen LogP contribution < -0.4 is 4.90 Å². The third-order valence-electron chi connectivity index (χ3n) is 3.45. The molecule has 0 radical (unpaired) electrons. The number of carbonyl (C=O) groups is 1. The maximum Gasteiger partial charge on any atom is 0.150 e. The molecule has 0 aromatic heterocycles. The van der Waals surface area contributed by atoms with Gasteiger partial charge in [-0.05, 0) is 37.0 Å². The van der Waals surface area contributed by atoms with Crippen LogP contribution in [0.4, 0.5) is 5.69 Å². The van der Waals surface area contributed by atoms with E-state index in [1.807, 2.05) is 13.1 Å². The van der Waals surface area contributed by atoms with E-state index in [4.69, 9.17) is 5.26 Å². The van der Waals surface area contributed by atoms with Crippen LogP contribution >= 0.6 is 0 Å². The molecule has 88 valence electrons. The summed E-state index contributed by atoms with van der Waals surface area (Å²) in [5.74, 6) is 0.761. The van der Waals surface area contributed by atoms with Gasteiger partial charge in [0.2, 0.25) is 0 Å². The van der Waals surface area contributed by atoms with Crippen molar-refractivity contribution in [1.82, 2.24) is 0 Å². The molecule has 0 spiro atoms. The third kappa shape index (κ3) is 2.47. The molecule has 3 heteroatoms. The second-order valence-corrected chi connectivity index (χ2v) is 4.68. The van der Waals surface area contributed by atoms with Gasteiger partial charge in [-0.15, -0.1) is 0 Å². The molecular formula is C14H16N2O. The van der Waals surface area contributed by atoms with Crippen LogP contribution in [-0.2, 0) is 0 Å². The van der Waals surface area contributed by atoms with Gasteiger partial charge >= 0.3 is 0 Å². The summed E-state index contributed by atoms with van der Waals surface area (Å²) >= 11 is 0. The first-order valence-corrected chi connectivity index (χ1v) is 5.95. The fourth-order valence-corrected chi connectivity index (χ4v) is 2.21. The number of hydrogen-bond donors (Lipinski definition) is 0. The monoisotopic (exact) mass is 228 g/mol. The van der Waals surface area contributed by atoms with Crippen molar-refractivity contribution in [2.45, 2.75) is 19.3 Å². The maximum atomic E-state index is 10.7. The van der Waals surface area contributed by atoms with Crippen LogP contribution in [0.2, 0.25) is 0 Å². The van der Waals surface area contributed by atoms with Crippen molar-refractivity contribution in [3.05, 3.63) is 29.3 Å². The van der Waals surface area contributed by atoms with Crippen molar-refractivity contribution in [2.24, 2.45) is 5.92 Å². The third-order valence-corrected chi connectivity index (χ3v) is 3.45. The van der Waals surface area contributed by atoms with Crippen LogP contribution in [0.25, 0.3) is 0 Å². The zero-order valence-corrected chi connectivity index (χ0v) is 10.0. The van der Waals surface area contributed by atoms with Gasteiger partial charge in [0, 0.05) is 19.2 Å². The minimum Gasteiger partial charge on any atom is -0.373 e. The molecule has 0 aliphatic heterocycles. The standard InChI is InChI=1S/C14H16N2O/c1-16(9-11-3-2-4-11)14-6-5-12(10-17)7-13(14)8-15/h5-7,10-11H,2-4,9H2,1H3. The Labute approximate surface area is 102 Å². The molecule has 1 saturated carbocycles. The smallest absolute Gasteiger partial charge is 0.150 e. The molecule has 0 N–H and O–H groups in total. The molecule has 3 nitrogen and oxygen atoms in total. The lowest BCUT2D eigenvalue weighted by Crippen LogP contribution is -2.29. The SMILES string of the molecule is CN(CC1CCC1)c1ccc(C=O)cc1C#N. The van der Waals surface area contributed by atoms with Crippen LogP contribution in [-0.4, -0.2) is 19.9 Å². The number of carbonyl (C=O) groups excluding carboxylic acids is 1. The molecule has 0 saturated heterocycles. The van der Waals surface area contributed by atoms with E-state index in [9.17, 15) is 4.79 Å². The van der Waals surface area contributed by atoms with Crippen molar-refractivity contribution in [3.8, 4) is 6.07 Å². The highest BCUT2D eigenvalue weighted by Crippen LogP contribution is 2.29. The van der Waals surface area contributed by atoms with Crippen molar-refractivity contribution in [2.75, 3.05) is 18.5 Å². The van der Waals surface area contributed by atoms with E-state index in [1.54, 1.807) is 12.1 Å². The fourth-order valence-electron chi connectivity index (χ4n) is 2.21. The number of nitrogens with zero attached hydrogens (tertiary/aromatic N) is 2. The molecule has 1 aliphatic rings. The Hall–Kier alpha value is -1.82. The van der Waals surface area contributed by atoms with Gasteiger partial charge in [-0.25, -0.2) is 0 Å². The number of anilines is 1. The molecule has 1 aromatic carbocycles. The lowest BCUT2D eigenvalue weighted by atomic mass is 9.85. The van der Waals surface area contributed by atoms with Gasteiger partial charge in [-0.1, -0.05) is 6.42 Å². The van der Waals surface area contributed by atoms with Crippen molar-refractivity contribution in [1.29, 1.82) is 5.26 Å². The summed E-state index contributed by atoms with van der Waals surface area (Å²) in [4.78, 5) is 12.8. The number of nitriles is 1. The van der Waals surface area contributed by atoms with Gasteiger partial charge in [0.25, 0.3) is 0 Å². The normalized spacial score (nSPS) is 14.8. The molecule has 17 heavy (non-hydrogen) atoms. The van der Waals surface area contributed by atoms with E-state index >= 15 is 0 Å². The topological polar surface area (TPSA) is 44.1 Å². The summed E-state index contributed by atoms with van der Waals surface area (Å²) in [6.07, 6.45) is 4.68. The summed E-state index contributed by atoms with van der Waals surface area (Å²) in [5, 5.41) is 9.10. The number of aldehydes is 1. The van der Waals surface area contributed by atoms with E-state index in [2.05, 4.69) is 11.0 Å². The van der Waals surface area contributed by atoms with E-state index in [0.717, 1.165) is 24.4 Å². The largest absolute Gasteiger partial charge is 0.373 e. The van der Waals surface area contributed by atoms with Gasteiger partial charge in [0.05, 0.1) is 11.3 Å². The lowest BCUT2D eigenvalue weighted by molar-refractivity contribution is 0.112. The highest BCUT2D eigenvalue weighted by atomic mass is 16.1. The van der Waals surface area contributed by atoms with Crippen LogP contribution in [0.3, 0.4) is 0 Å². The number of benzene rings is 1. The first-order chi connectivity index (χ1) is 8.24. The quantitative estimate of drug-likeness (QED) is 0.744. The average Bonchev–Trinajstić information content (AvgIpc) is 2.32. The summed E-state index contributed by atoms with van der Waals surface area (Å²) in [6.45, 7) is 0.995. The number of rotatable bonds is 4.